The third-order valence-corrected chi connectivity index (χ3v) is 4.80. The maximum atomic E-state index is 12.1. The molecule has 8 nitrogen and oxygen atoms in total. The third kappa shape index (κ3) is 6.55. The highest BCUT2D eigenvalue weighted by atomic mass is 35.5. The van der Waals surface area contributed by atoms with Crippen LogP contribution in [0.25, 0.3) is 11.4 Å². The number of benzene rings is 2. The molecule has 168 valence electrons. The Hall–Kier alpha value is -3.39. The molecule has 0 aliphatic carbocycles. The van der Waals surface area contributed by atoms with Gasteiger partial charge in [0.1, 0.15) is 5.75 Å². The first kappa shape index (κ1) is 23.3. The number of amides is 2. The van der Waals surface area contributed by atoms with Gasteiger partial charge in [0, 0.05) is 23.7 Å². The summed E-state index contributed by atoms with van der Waals surface area (Å²) < 4.78 is 10.5. The molecule has 9 heteroatoms. The average Bonchev–Trinajstić information content (AvgIpc) is 3.26. The Labute approximate surface area is 191 Å². The summed E-state index contributed by atoms with van der Waals surface area (Å²) in [6.07, 6.45) is 0. The summed E-state index contributed by atoms with van der Waals surface area (Å²) in [4.78, 5) is 28.1. The fourth-order valence-electron chi connectivity index (χ4n) is 2.74. The summed E-state index contributed by atoms with van der Waals surface area (Å²) in [7, 11) is 0. The highest BCUT2D eigenvalue weighted by Crippen LogP contribution is 2.24. The van der Waals surface area contributed by atoms with Crippen molar-refractivity contribution in [2.45, 2.75) is 26.2 Å². The number of nitrogens with one attached hydrogen (secondary N) is 2. The minimum absolute atomic E-state index is 0.0545. The normalized spacial score (nSPS) is 11.1. The SMILES string of the molecule is CC(C)(C)c1ccc(OCC(=O)NCCNC(=O)c2nc(-c3ccc(Cl)cc3)no2)cc1. The van der Waals surface area contributed by atoms with Crippen LogP contribution in [-0.4, -0.2) is 41.7 Å². The topological polar surface area (TPSA) is 106 Å². The van der Waals surface area contributed by atoms with E-state index in [1.54, 1.807) is 24.3 Å². The smallest absolute Gasteiger partial charge is 0.316 e. The Morgan fingerprint density at radius 3 is 2.31 bits per heavy atom. The van der Waals surface area contributed by atoms with E-state index in [-0.39, 0.29) is 42.7 Å². The van der Waals surface area contributed by atoms with Crippen molar-refractivity contribution in [2.75, 3.05) is 19.7 Å². The number of hydrogen-bond donors (Lipinski definition) is 2. The molecule has 32 heavy (non-hydrogen) atoms. The van der Waals surface area contributed by atoms with Crippen LogP contribution in [0.2, 0.25) is 5.02 Å². The van der Waals surface area contributed by atoms with Gasteiger partial charge in [0.05, 0.1) is 0 Å². The molecule has 2 aromatic carbocycles. The van der Waals surface area contributed by atoms with Gasteiger partial charge < -0.3 is 19.9 Å². The highest BCUT2D eigenvalue weighted by Gasteiger charge is 2.16. The number of ether oxygens (including phenoxy) is 1. The maximum absolute atomic E-state index is 12.1. The van der Waals surface area contributed by atoms with E-state index in [0.717, 1.165) is 0 Å². The van der Waals surface area contributed by atoms with Crippen LogP contribution >= 0.6 is 11.6 Å². The molecule has 0 radical (unpaired) electrons. The zero-order valence-electron chi connectivity index (χ0n) is 18.1. The Bertz CT molecular complexity index is 1060. The van der Waals surface area contributed by atoms with Crippen molar-refractivity contribution in [1.82, 2.24) is 20.8 Å². The van der Waals surface area contributed by atoms with E-state index in [4.69, 9.17) is 20.9 Å². The maximum Gasteiger partial charge on any atom is 0.316 e. The second-order valence-electron chi connectivity index (χ2n) is 8.10. The highest BCUT2D eigenvalue weighted by molar-refractivity contribution is 6.30. The van der Waals surface area contributed by atoms with Crippen molar-refractivity contribution in [3.8, 4) is 17.1 Å². The number of carbonyl (C=O) groups is 2. The number of halogens is 1. The molecule has 0 aliphatic heterocycles. The van der Waals surface area contributed by atoms with Crippen molar-refractivity contribution >= 4 is 23.4 Å². The first-order chi connectivity index (χ1) is 15.2. The van der Waals surface area contributed by atoms with Crippen LogP contribution in [0.15, 0.2) is 53.1 Å². The first-order valence-electron chi connectivity index (χ1n) is 10.1. The Morgan fingerprint density at radius 1 is 1.00 bits per heavy atom. The monoisotopic (exact) mass is 456 g/mol. The van der Waals surface area contributed by atoms with Gasteiger partial charge in [-0.2, -0.15) is 4.98 Å². The van der Waals surface area contributed by atoms with Crippen LogP contribution in [0.1, 0.15) is 37.0 Å². The Balaban J connectivity index is 1.37. The third-order valence-electron chi connectivity index (χ3n) is 4.55. The van der Waals surface area contributed by atoms with E-state index in [2.05, 4.69) is 41.5 Å². The van der Waals surface area contributed by atoms with Crippen LogP contribution in [0.4, 0.5) is 0 Å². The van der Waals surface area contributed by atoms with Crippen molar-refractivity contribution < 1.29 is 18.8 Å². The molecule has 2 N–H and O–H groups in total. The van der Waals surface area contributed by atoms with Crippen molar-refractivity contribution in [2.24, 2.45) is 0 Å². The van der Waals surface area contributed by atoms with E-state index in [0.29, 0.717) is 16.3 Å². The first-order valence-corrected chi connectivity index (χ1v) is 10.5. The standard InChI is InChI=1S/C23H25ClN4O4/c1-23(2,3)16-6-10-18(11-7-16)31-14-19(29)25-12-13-26-21(30)22-27-20(28-32-22)15-4-8-17(24)9-5-15/h4-11H,12-14H2,1-3H3,(H,25,29)(H,26,30). The molecule has 3 rings (SSSR count). The molecule has 0 saturated carbocycles. The molecule has 0 unspecified atom stereocenters. The van der Waals surface area contributed by atoms with Crippen molar-refractivity contribution in [1.29, 1.82) is 0 Å². The molecule has 0 aliphatic rings. The predicted octanol–water partition coefficient (Wildman–Crippen LogP) is 3.61. The molecular weight excluding hydrogens is 432 g/mol. The minimum Gasteiger partial charge on any atom is -0.484 e. The fourth-order valence-corrected chi connectivity index (χ4v) is 2.86. The zero-order chi connectivity index (χ0) is 23.1. The van der Waals surface area contributed by atoms with Crippen LogP contribution in [0, 0.1) is 0 Å². The molecule has 3 aromatic rings. The zero-order valence-corrected chi connectivity index (χ0v) is 18.9. The number of aromatic nitrogens is 2. The van der Waals surface area contributed by atoms with Gasteiger partial charge in [0.25, 0.3) is 5.91 Å². The van der Waals surface area contributed by atoms with Gasteiger partial charge in [0.2, 0.25) is 5.82 Å². The van der Waals surface area contributed by atoms with Crippen molar-refractivity contribution in [3.63, 3.8) is 0 Å². The van der Waals surface area contributed by atoms with Gasteiger partial charge in [-0.3, -0.25) is 9.59 Å². The molecule has 0 fully saturated rings. The molecule has 2 amide bonds. The largest absolute Gasteiger partial charge is 0.484 e. The van der Waals surface area contributed by atoms with Crippen LogP contribution < -0.4 is 15.4 Å². The summed E-state index contributed by atoms with van der Waals surface area (Å²) >= 11 is 5.85. The summed E-state index contributed by atoms with van der Waals surface area (Å²) in [6, 6.07) is 14.5. The second-order valence-corrected chi connectivity index (χ2v) is 8.54. The number of carbonyl (C=O) groups excluding carboxylic acids is 2. The van der Waals surface area contributed by atoms with Crippen LogP contribution in [0.5, 0.6) is 5.75 Å². The molecular formula is C23H25ClN4O4. The van der Waals surface area contributed by atoms with E-state index in [9.17, 15) is 9.59 Å². The van der Waals surface area contributed by atoms with Gasteiger partial charge in [-0.25, -0.2) is 0 Å². The summed E-state index contributed by atoms with van der Waals surface area (Å²) in [6.45, 7) is 6.71. The summed E-state index contributed by atoms with van der Waals surface area (Å²) in [5.74, 6) is -0.0745. The van der Waals surface area contributed by atoms with E-state index in [1.807, 2.05) is 24.3 Å². The summed E-state index contributed by atoms with van der Waals surface area (Å²) in [5, 5.41) is 9.66. The van der Waals surface area contributed by atoms with Crippen LogP contribution in [0.3, 0.4) is 0 Å². The number of nitrogens with zero attached hydrogens (tertiary/aromatic N) is 2. The lowest BCUT2D eigenvalue weighted by molar-refractivity contribution is -0.123. The molecule has 0 atom stereocenters. The van der Waals surface area contributed by atoms with Gasteiger partial charge in [-0.05, 0) is 47.4 Å². The quantitative estimate of drug-likeness (QED) is 0.501. The number of hydrogen-bond acceptors (Lipinski definition) is 6. The average molecular weight is 457 g/mol. The Morgan fingerprint density at radius 2 is 1.66 bits per heavy atom. The van der Waals surface area contributed by atoms with Gasteiger partial charge in [-0.15, -0.1) is 0 Å². The Kier molecular flexibility index (Phi) is 7.48. The molecule has 1 heterocycles. The lowest BCUT2D eigenvalue weighted by Gasteiger charge is -2.19. The fraction of sp³-hybridized carbons (Fsp3) is 0.304. The predicted molar refractivity (Wildman–Crippen MR) is 121 cm³/mol. The van der Waals surface area contributed by atoms with Crippen LogP contribution in [-0.2, 0) is 10.2 Å². The lowest BCUT2D eigenvalue weighted by Crippen LogP contribution is -2.36. The molecule has 0 bridgehead atoms. The van der Waals surface area contributed by atoms with E-state index < -0.39 is 5.91 Å². The van der Waals surface area contributed by atoms with Gasteiger partial charge >= 0.3 is 11.8 Å². The second kappa shape index (κ2) is 10.3. The van der Waals surface area contributed by atoms with E-state index in [1.165, 1.54) is 5.56 Å². The molecule has 0 spiro atoms. The molecule has 1 aromatic heterocycles. The molecule has 0 saturated heterocycles. The van der Waals surface area contributed by atoms with E-state index >= 15 is 0 Å². The number of rotatable bonds is 8. The summed E-state index contributed by atoms with van der Waals surface area (Å²) in [5.41, 5.74) is 1.92. The van der Waals surface area contributed by atoms with Gasteiger partial charge in [0.15, 0.2) is 6.61 Å². The van der Waals surface area contributed by atoms with Gasteiger partial charge in [-0.1, -0.05) is 49.7 Å². The van der Waals surface area contributed by atoms with Crippen molar-refractivity contribution in [3.05, 3.63) is 65.0 Å². The lowest BCUT2D eigenvalue weighted by atomic mass is 9.87. The minimum atomic E-state index is -0.526.